The van der Waals surface area contributed by atoms with Crippen molar-refractivity contribution in [2.45, 2.75) is 13.3 Å². The third kappa shape index (κ3) is 1.50. The second-order valence-electron chi connectivity index (χ2n) is 3.22. The summed E-state index contributed by atoms with van der Waals surface area (Å²) in [5, 5.41) is 14.9. The molecule has 1 aromatic rings. The van der Waals surface area contributed by atoms with E-state index in [4.69, 9.17) is 9.63 Å². The van der Waals surface area contributed by atoms with Gasteiger partial charge in [-0.25, -0.2) is 4.79 Å². The highest BCUT2D eigenvalue weighted by Gasteiger charge is 2.29. The second kappa shape index (κ2) is 3.23. The molecule has 0 aromatic carbocycles. The molecule has 2 N–H and O–H groups in total. The minimum absolute atomic E-state index is 0.0138. The topological polar surface area (TPSA) is 92.4 Å². The first-order chi connectivity index (χ1) is 7.09. The summed E-state index contributed by atoms with van der Waals surface area (Å²) in [5.41, 5.74) is 0.910. The van der Waals surface area contributed by atoms with Gasteiger partial charge in [-0.2, -0.15) is 0 Å². The van der Waals surface area contributed by atoms with Crippen LogP contribution in [0, 0.1) is 6.92 Å². The van der Waals surface area contributed by atoms with Crippen molar-refractivity contribution in [2.24, 2.45) is 0 Å². The first-order valence-electron chi connectivity index (χ1n) is 4.27. The number of carbonyl (C=O) groups is 2. The minimum Gasteiger partial charge on any atom is -0.478 e. The van der Waals surface area contributed by atoms with Gasteiger partial charge in [0.05, 0.1) is 23.9 Å². The predicted octanol–water partition coefficient (Wildman–Crippen LogP) is 0.299. The molecule has 6 nitrogen and oxygen atoms in total. The molecule has 0 radical (unpaired) electrons. The molecule has 15 heavy (non-hydrogen) atoms. The molecule has 78 valence electrons. The zero-order valence-electron chi connectivity index (χ0n) is 7.90. The SMILES string of the molecule is Cc1cnoc1C1=C(C(=O)O)CC(=O)N1. The number of aliphatic carboxylic acids is 1. The van der Waals surface area contributed by atoms with Crippen LogP contribution in [0.3, 0.4) is 0 Å². The van der Waals surface area contributed by atoms with Crippen LogP contribution >= 0.6 is 0 Å². The van der Waals surface area contributed by atoms with E-state index in [0.717, 1.165) is 0 Å². The van der Waals surface area contributed by atoms with E-state index >= 15 is 0 Å². The first kappa shape index (κ1) is 9.45. The van der Waals surface area contributed by atoms with Crippen molar-refractivity contribution in [1.29, 1.82) is 0 Å². The molecule has 0 atom stereocenters. The molecule has 0 fully saturated rings. The van der Waals surface area contributed by atoms with Crippen LogP contribution in [-0.4, -0.2) is 22.1 Å². The largest absolute Gasteiger partial charge is 0.478 e. The quantitative estimate of drug-likeness (QED) is 0.729. The number of rotatable bonds is 2. The number of nitrogens with one attached hydrogen (secondary N) is 1. The highest BCUT2D eigenvalue weighted by molar-refractivity contribution is 6.08. The number of aryl methyl sites for hydroxylation is 1. The van der Waals surface area contributed by atoms with Gasteiger partial charge in [-0.15, -0.1) is 0 Å². The van der Waals surface area contributed by atoms with E-state index in [1.165, 1.54) is 6.20 Å². The fourth-order valence-corrected chi connectivity index (χ4v) is 1.42. The lowest BCUT2D eigenvalue weighted by molar-refractivity contribution is -0.133. The lowest BCUT2D eigenvalue weighted by atomic mass is 10.1. The van der Waals surface area contributed by atoms with Crippen LogP contribution in [0.25, 0.3) is 5.70 Å². The van der Waals surface area contributed by atoms with Crippen LogP contribution in [0.2, 0.25) is 0 Å². The van der Waals surface area contributed by atoms with Crippen molar-refractivity contribution in [2.75, 3.05) is 0 Å². The van der Waals surface area contributed by atoms with Gasteiger partial charge in [0, 0.05) is 5.56 Å². The third-order valence-corrected chi connectivity index (χ3v) is 2.14. The Labute approximate surface area is 84.6 Å². The van der Waals surface area contributed by atoms with E-state index < -0.39 is 5.97 Å². The molecule has 0 spiro atoms. The van der Waals surface area contributed by atoms with Gasteiger partial charge in [0.1, 0.15) is 0 Å². The van der Waals surface area contributed by atoms with E-state index in [0.29, 0.717) is 11.3 Å². The van der Waals surface area contributed by atoms with Gasteiger partial charge in [0.25, 0.3) is 0 Å². The Morgan fingerprint density at radius 2 is 2.40 bits per heavy atom. The average molecular weight is 208 g/mol. The van der Waals surface area contributed by atoms with Gasteiger partial charge < -0.3 is 14.9 Å². The van der Waals surface area contributed by atoms with E-state index in [1.807, 2.05) is 0 Å². The molecule has 1 amide bonds. The van der Waals surface area contributed by atoms with Crippen LogP contribution in [0.5, 0.6) is 0 Å². The maximum absolute atomic E-state index is 11.1. The number of aromatic nitrogens is 1. The summed E-state index contributed by atoms with van der Waals surface area (Å²) in [6, 6.07) is 0. The summed E-state index contributed by atoms with van der Waals surface area (Å²) in [4.78, 5) is 21.9. The van der Waals surface area contributed by atoms with Crippen molar-refractivity contribution < 1.29 is 19.2 Å². The maximum Gasteiger partial charge on any atom is 0.334 e. The van der Waals surface area contributed by atoms with Crippen molar-refractivity contribution in [3.8, 4) is 0 Å². The van der Waals surface area contributed by atoms with Gasteiger partial charge in [-0.1, -0.05) is 5.16 Å². The standard InChI is InChI=1S/C9H8N2O4/c1-4-3-10-15-8(4)7-5(9(13)14)2-6(12)11-7/h3H,2H2,1H3,(H,11,12)(H,13,14). The van der Waals surface area contributed by atoms with Gasteiger partial charge >= 0.3 is 5.97 Å². The van der Waals surface area contributed by atoms with Crippen LogP contribution in [-0.2, 0) is 9.59 Å². The number of carbonyl (C=O) groups excluding carboxylic acids is 1. The maximum atomic E-state index is 11.1. The zero-order chi connectivity index (χ0) is 11.0. The number of carboxylic acid groups (broad SMARTS) is 1. The second-order valence-corrected chi connectivity index (χ2v) is 3.22. The van der Waals surface area contributed by atoms with Gasteiger partial charge in [0.2, 0.25) is 5.91 Å². The Morgan fingerprint density at radius 1 is 1.67 bits per heavy atom. The molecule has 1 aliphatic heterocycles. The third-order valence-electron chi connectivity index (χ3n) is 2.14. The Kier molecular flexibility index (Phi) is 2.03. The number of amides is 1. The summed E-state index contributed by atoms with van der Waals surface area (Å²) in [6.07, 6.45) is 1.33. The van der Waals surface area contributed by atoms with Crippen LogP contribution in [0.1, 0.15) is 17.7 Å². The zero-order valence-corrected chi connectivity index (χ0v) is 7.90. The molecular formula is C9H8N2O4. The molecule has 0 bridgehead atoms. The van der Waals surface area contributed by atoms with Gasteiger partial charge in [-0.3, -0.25) is 4.79 Å². The molecule has 1 aromatic heterocycles. The summed E-state index contributed by atoms with van der Waals surface area (Å²) < 4.78 is 4.89. The molecule has 6 heteroatoms. The smallest absolute Gasteiger partial charge is 0.334 e. The lowest BCUT2D eigenvalue weighted by Gasteiger charge is -1.99. The number of nitrogens with zero attached hydrogens (tertiary/aromatic N) is 1. The summed E-state index contributed by atoms with van der Waals surface area (Å²) in [6.45, 7) is 1.72. The minimum atomic E-state index is -1.13. The highest BCUT2D eigenvalue weighted by Crippen LogP contribution is 2.26. The van der Waals surface area contributed by atoms with E-state index in [1.54, 1.807) is 6.92 Å². The summed E-state index contributed by atoms with van der Waals surface area (Å²) in [7, 11) is 0. The molecular weight excluding hydrogens is 200 g/mol. The van der Waals surface area contributed by atoms with E-state index in [2.05, 4.69) is 10.5 Å². The Bertz CT molecular complexity index is 472. The van der Waals surface area contributed by atoms with Crippen LogP contribution in [0.4, 0.5) is 0 Å². The number of hydrogen-bond acceptors (Lipinski definition) is 4. The average Bonchev–Trinajstić information content (AvgIpc) is 2.71. The molecule has 0 unspecified atom stereocenters. The molecule has 2 rings (SSSR count). The summed E-state index contributed by atoms with van der Waals surface area (Å²) in [5.74, 6) is -1.17. The number of carboxylic acids is 1. The molecule has 0 aliphatic carbocycles. The van der Waals surface area contributed by atoms with Crippen molar-refractivity contribution >= 4 is 17.6 Å². The van der Waals surface area contributed by atoms with E-state index in [9.17, 15) is 9.59 Å². The van der Waals surface area contributed by atoms with Crippen molar-refractivity contribution in [3.63, 3.8) is 0 Å². The van der Waals surface area contributed by atoms with Crippen molar-refractivity contribution in [1.82, 2.24) is 10.5 Å². The highest BCUT2D eigenvalue weighted by atomic mass is 16.5. The first-order valence-corrected chi connectivity index (χ1v) is 4.27. The molecule has 2 heterocycles. The number of hydrogen-bond donors (Lipinski definition) is 2. The summed E-state index contributed by atoms with van der Waals surface area (Å²) >= 11 is 0. The van der Waals surface area contributed by atoms with Gasteiger partial charge in [-0.05, 0) is 6.92 Å². The molecule has 0 saturated carbocycles. The predicted molar refractivity (Wildman–Crippen MR) is 48.6 cm³/mol. The molecule has 0 saturated heterocycles. The fourth-order valence-electron chi connectivity index (χ4n) is 1.42. The monoisotopic (exact) mass is 208 g/mol. The van der Waals surface area contributed by atoms with Crippen molar-refractivity contribution in [3.05, 3.63) is 23.1 Å². The van der Waals surface area contributed by atoms with Crippen LogP contribution < -0.4 is 5.32 Å². The Hall–Kier alpha value is -2.11. The van der Waals surface area contributed by atoms with Gasteiger partial charge in [0.15, 0.2) is 5.76 Å². The lowest BCUT2D eigenvalue weighted by Crippen LogP contribution is -2.14. The Morgan fingerprint density at radius 3 is 2.93 bits per heavy atom. The normalized spacial score (nSPS) is 15.7. The van der Waals surface area contributed by atoms with E-state index in [-0.39, 0.29) is 23.6 Å². The molecule has 1 aliphatic rings. The fraction of sp³-hybridized carbons (Fsp3) is 0.222. The van der Waals surface area contributed by atoms with Crippen LogP contribution in [0.15, 0.2) is 16.3 Å². The Balaban J connectivity index is 2.51.